The predicted octanol–water partition coefficient (Wildman–Crippen LogP) is 3.22. The Bertz CT molecular complexity index is 172. The third-order valence-corrected chi connectivity index (χ3v) is 2.85. The van der Waals surface area contributed by atoms with Crippen LogP contribution in [0.1, 0.15) is 25.7 Å². The Kier molecular flexibility index (Phi) is 3.42. The van der Waals surface area contributed by atoms with E-state index in [1.54, 1.807) is 0 Å². The number of methoxy groups -OCH3 is 1. The third-order valence-electron chi connectivity index (χ3n) is 2.85. The van der Waals surface area contributed by atoms with Crippen LogP contribution in [0.2, 0.25) is 0 Å². The summed E-state index contributed by atoms with van der Waals surface area (Å²) in [6, 6.07) is 0. The van der Waals surface area contributed by atoms with Crippen molar-refractivity contribution in [2.45, 2.75) is 31.8 Å². The first-order valence-electron chi connectivity index (χ1n) is 4.65. The molecule has 0 unspecified atom stereocenters. The van der Waals surface area contributed by atoms with Gasteiger partial charge in [0.05, 0.1) is 5.92 Å². The third kappa shape index (κ3) is 2.50. The Labute approximate surface area is 77.8 Å². The average Bonchev–Trinajstić information content (AvgIpc) is 2.18. The number of hydrogen-bond acceptors (Lipinski definition) is 1. The van der Waals surface area contributed by atoms with E-state index in [1.165, 1.54) is 0 Å². The van der Waals surface area contributed by atoms with Gasteiger partial charge < -0.3 is 4.74 Å². The molecule has 1 aliphatic carbocycles. The monoisotopic (exact) mass is 190 g/mol. The molecule has 0 heterocycles. The van der Waals surface area contributed by atoms with Crippen molar-refractivity contribution >= 4 is 0 Å². The van der Waals surface area contributed by atoms with Gasteiger partial charge >= 0.3 is 6.11 Å². The quantitative estimate of drug-likeness (QED) is 0.621. The summed E-state index contributed by atoms with van der Waals surface area (Å²) in [6.07, 6.45) is 1.63. The first kappa shape index (κ1) is 10.6. The van der Waals surface area contributed by atoms with E-state index < -0.39 is 12.0 Å². The molecule has 0 amide bonds. The molecule has 1 fully saturated rings. The Morgan fingerprint density at radius 2 is 1.85 bits per heavy atom. The van der Waals surface area contributed by atoms with E-state index in [9.17, 15) is 8.78 Å². The van der Waals surface area contributed by atoms with Gasteiger partial charge in [0.1, 0.15) is 0 Å². The maximum atomic E-state index is 13.0. The molecular formula is C10H16F2O. The normalized spacial score (nSPS) is 30.1. The van der Waals surface area contributed by atoms with Crippen LogP contribution in [0.15, 0.2) is 12.7 Å². The predicted molar refractivity (Wildman–Crippen MR) is 47.6 cm³/mol. The van der Waals surface area contributed by atoms with E-state index in [2.05, 4.69) is 11.3 Å². The molecule has 13 heavy (non-hydrogen) atoms. The average molecular weight is 190 g/mol. The Morgan fingerprint density at radius 3 is 2.23 bits per heavy atom. The van der Waals surface area contributed by atoms with Crippen molar-refractivity contribution in [3.05, 3.63) is 12.7 Å². The minimum atomic E-state index is -2.94. The number of ether oxygens (including phenoxy) is 1. The zero-order valence-corrected chi connectivity index (χ0v) is 7.93. The molecule has 0 N–H and O–H groups in total. The highest BCUT2D eigenvalue weighted by atomic mass is 19.3. The molecule has 1 saturated carbocycles. The Hall–Kier alpha value is -0.440. The lowest BCUT2D eigenvalue weighted by molar-refractivity contribution is -0.262. The zero-order chi connectivity index (χ0) is 9.90. The smallest absolute Gasteiger partial charge is 0.324 e. The van der Waals surface area contributed by atoms with Gasteiger partial charge in [0.25, 0.3) is 0 Å². The standard InChI is InChI=1S/C10H16F2O/c1-3-8-4-6-9(7-5-8)10(11,12)13-2/h3,8-9H,1,4-7H2,2H3. The lowest BCUT2D eigenvalue weighted by atomic mass is 9.81. The number of hydrogen-bond donors (Lipinski definition) is 0. The second-order valence-electron chi connectivity index (χ2n) is 3.61. The van der Waals surface area contributed by atoms with Crippen LogP contribution in [-0.2, 0) is 4.74 Å². The number of rotatable bonds is 3. The fraction of sp³-hybridized carbons (Fsp3) is 0.800. The maximum absolute atomic E-state index is 13.0. The van der Waals surface area contributed by atoms with Crippen molar-refractivity contribution in [3.63, 3.8) is 0 Å². The van der Waals surface area contributed by atoms with Gasteiger partial charge in [-0.3, -0.25) is 0 Å². The van der Waals surface area contributed by atoms with Gasteiger partial charge in [-0.1, -0.05) is 6.08 Å². The van der Waals surface area contributed by atoms with Crippen molar-refractivity contribution in [2.24, 2.45) is 11.8 Å². The van der Waals surface area contributed by atoms with Crippen LogP contribution >= 0.6 is 0 Å². The summed E-state index contributed by atoms with van der Waals surface area (Å²) in [5.41, 5.74) is 0. The summed E-state index contributed by atoms with van der Waals surface area (Å²) in [4.78, 5) is 0. The van der Waals surface area contributed by atoms with E-state index in [1.807, 2.05) is 6.08 Å². The van der Waals surface area contributed by atoms with Crippen LogP contribution in [-0.4, -0.2) is 13.2 Å². The Balaban J connectivity index is 2.44. The molecule has 3 heteroatoms. The molecule has 1 aliphatic rings. The van der Waals surface area contributed by atoms with E-state index in [0.29, 0.717) is 18.8 Å². The van der Waals surface area contributed by atoms with Crippen LogP contribution in [0.25, 0.3) is 0 Å². The molecule has 0 radical (unpaired) electrons. The fourth-order valence-corrected chi connectivity index (χ4v) is 1.86. The van der Waals surface area contributed by atoms with Gasteiger partial charge in [0.2, 0.25) is 0 Å². The molecule has 0 aliphatic heterocycles. The molecule has 0 aromatic rings. The molecule has 0 saturated heterocycles. The number of allylic oxidation sites excluding steroid dienone is 1. The topological polar surface area (TPSA) is 9.23 Å². The highest BCUT2D eigenvalue weighted by Gasteiger charge is 2.41. The van der Waals surface area contributed by atoms with Gasteiger partial charge in [0.15, 0.2) is 0 Å². The van der Waals surface area contributed by atoms with E-state index >= 15 is 0 Å². The van der Waals surface area contributed by atoms with Crippen LogP contribution in [0.3, 0.4) is 0 Å². The highest BCUT2D eigenvalue weighted by Crippen LogP contribution is 2.39. The SMILES string of the molecule is C=CC1CCC(C(F)(F)OC)CC1. The fourth-order valence-electron chi connectivity index (χ4n) is 1.86. The van der Waals surface area contributed by atoms with Gasteiger partial charge in [0, 0.05) is 7.11 Å². The van der Waals surface area contributed by atoms with Crippen molar-refractivity contribution < 1.29 is 13.5 Å². The molecule has 0 bridgehead atoms. The van der Waals surface area contributed by atoms with Gasteiger partial charge in [-0.2, -0.15) is 8.78 Å². The van der Waals surface area contributed by atoms with Crippen LogP contribution in [0.5, 0.6) is 0 Å². The van der Waals surface area contributed by atoms with Crippen molar-refractivity contribution in [1.82, 2.24) is 0 Å². The van der Waals surface area contributed by atoms with Gasteiger partial charge in [-0.25, -0.2) is 0 Å². The van der Waals surface area contributed by atoms with E-state index in [4.69, 9.17) is 0 Å². The molecule has 76 valence electrons. The van der Waals surface area contributed by atoms with Crippen LogP contribution in [0, 0.1) is 11.8 Å². The molecular weight excluding hydrogens is 174 g/mol. The van der Waals surface area contributed by atoms with E-state index in [0.717, 1.165) is 20.0 Å². The first-order valence-corrected chi connectivity index (χ1v) is 4.65. The zero-order valence-electron chi connectivity index (χ0n) is 7.93. The minimum absolute atomic E-state index is 0.420. The van der Waals surface area contributed by atoms with Crippen molar-refractivity contribution in [3.8, 4) is 0 Å². The number of halogens is 2. The second-order valence-corrected chi connectivity index (χ2v) is 3.61. The lowest BCUT2D eigenvalue weighted by Crippen LogP contribution is -2.33. The summed E-state index contributed by atoms with van der Waals surface area (Å²) in [7, 11) is 1.07. The van der Waals surface area contributed by atoms with Crippen LogP contribution < -0.4 is 0 Å². The molecule has 0 spiro atoms. The van der Waals surface area contributed by atoms with Gasteiger partial charge in [-0.15, -0.1) is 6.58 Å². The summed E-state index contributed by atoms with van der Waals surface area (Å²) in [6.45, 7) is 3.67. The molecule has 0 atom stereocenters. The van der Waals surface area contributed by atoms with Gasteiger partial charge in [-0.05, 0) is 31.6 Å². The maximum Gasteiger partial charge on any atom is 0.358 e. The minimum Gasteiger partial charge on any atom is -0.324 e. The van der Waals surface area contributed by atoms with Crippen LogP contribution in [0.4, 0.5) is 8.78 Å². The second kappa shape index (κ2) is 4.18. The first-order chi connectivity index (χ1) is 6.10. The largest absolute Gasteiger partial charge is 0.358 e. The molecule has 1 nitrogen and oxygen atoms in total. The number of alkyl halides is 2. The molecule has 0 aromatic carbocycles. The summed E-state index contributed by atoms with van der Waals surface area (Å²) < 4.78 is 30.2. The lowest BCUT2D eigenvalue weighted by Gasteiger charge is -2.31. The van der Waals surface area contributed by atoms with E-state index in [-0.39, 0.29) is 0 Å². The summed E-state index contributed by atoms with van der Waals surface area (Å²) in [5.74, 6) is -0.183. The summed E-state index contributed by atoms with van der Waals surface area (Å²) in [5, 5.41) is 0. The summed E-state index contributed by atoms with van der Waals surface area (Å²) >= 11 is 0. The molecule has 1 rings (SSSR count). The Morgan fingerprint density at radius 1 is 1.31 bits per heavy atom. The highest BCUT2D eigenvalue weighted by molar-refractivity contribution is 4.86. The van der Waals surface area contributed by atoms with Crippen molar-refractivity contribution in [1.29, 1.82) is 0 Å². The van der Waals surface area contributed by atoms with Crippen molar-refractivity contribution in [2.75, 3.05) is 7.11 Å². The molecule has 0 aromatic heterocycles.